The van der Waals surface area contributed by atoms with E-state index in [1.807, 2.05) is 0 Å². The summed E-state index contributed by atoms with van der Waals surface area (Å²) in [7, 11) is 1.63. The molecule has 1 aliphatic heterocycles. The van der Waals surface area contributed by atoms with Crippen LogP contribution in [0, 0.1) is 6.92 Å². The van der Waals surface area contributed by atoms with Gasteiger partial charge >= 0.3 is 0 Å². The van der Waals surface area contributed by atoms with E-state index >= 15 is 0 Å². The summed E-state index contributed by atoms with van der Waals surface area (Å²) in [5.41, 5.74) is 5.19. The van der Waals surface area contributed by atoms with Crippen molar-refractivity contribution < 1.29 is 9.59 Å². The van der Waals surface area contributed by atoms with Gasteiger partial charge in [0.1, 0.15) is 13.7 Å². The summed E-state index contributed by atoms with van der Waals surface area (Å²) in [5.74, 6) is -0.416. The van der Waals surface area contributed by atoms with Crippen LogP contribution in [-0.4, -0.2) is 29.2 Å². The van der Waals surface area contributed by atoms with E-state index in [0.29, 0.717) is 22.4 Å². The lowest BCUT2D eigenvalue weighted by molar-refractivity contribution is -0.137. The van der Waals surface area contributed by atoms with Gasteiger partial charge < -0.3 is 5.73 Å². The summed E-state index contributed by atoms with van der Waals surface area (Å²) < 4.78 is 1.34. The quantitative estimate of drug-likeness (QED) is 0.399. The number of nitrogens with two attached hydrogens (primary N) is 1. The SMILES string of the molecule is B[C@]1(n2c(C)nc3cccc(N)c3c2=O)CCC(=O)NC1=O. The summed E-state index contributed by atoms with van der Waals surface area (Å²) in [5, 5.41) is 2.58. The van der Waals surface area contributed by atoms with Crippen molar-refractivity contribution in [2.45, 2.75) is 25.2 Å². The van der Waals surface area contributed by atoms with Crippen LogP contribution in [0.3, 0.4) is 0 Å². The number of nitrogens with zero attached hydrogens (tertiary/aromatic N) is 2. The molecule has 2 aromatic rings. The van der Waals surface area contributed by atoms with E-state index in [1.165, 1.54) is 4.57 Å². The van der Waals surface area contributed by atoms with Crippen molar-refractivity contribution >= 4 is 36.3 Å². The van der Waals surface area contributed by atoms with E-state index in [4.69, 9.17) is 5.73 Å². The van der Waals surface area contributed by atoms with Crippen LogP contribution in [0.1, 0.15) is 18.7 Å². The van der Waals surface area contributed by atoms with Crippen molar-refractivity contribution in [3.05, 3.63) is 34.4 Å². The number of hydrogen-bond acceptors (Lipinski definition) is 5. The van der Waals surface area contributed by atoms with Crippen molar-refractivity contribution in [2.24, 2.45) is 0 Å². The van der Waals surface area contributed by atoms with Crippen molar-refractivity contribution in [1.82, 2.24) is 14.9 Å². The maximum Gasteiger partial charge on any atom is 0.263 e. The van der Waals surface area contributed by atoms with Gasteiger partial charge in [-0.15, -0.1) is 0 Å². The smallest absolute Gasteiger partial charge is 0.263 e. The molecule has 3 N–H and O–H groups in total. The van der Waals surface area contributed by atoms with Gasteiger partial charge in [-0.25, -0.2) is 4.98 Å². The van der Waals surface area contributed by atoms with E-state index in [1.54, 1.807) is 33.0 Å². The molecule has 1 aromatic carbocycles. The fraction of sp³-hybridized carbons (Fsp3) is 0.286. The van der Waals surface area contributed by atoms with Crippen molar-refractivity contribution in [3.63, 3.8) is 0 Å². The second-order valence-corrected chi connectivity index (χ2v) is 5.69. The monoisotopic (exact) mass is 298 g/mol. The molecule has 1 fully saturated rings. The molecule has 1 aromatic heterocycles. The Morgan fingerprint density at radius 2 is 2.09 bits per heavy atom. The summed E-state index contributed by atoms with van der Waals surface area (Å²) >= 11 is 0. The Morgan fingerprint density at radius 1 is 1.36 bits per heavy atom. The second kappa shape index (κ2) is 4.69. The lowest BCUT2D eigenvalue weighted by atomic mass is 9.71. The molecule has 1 aliphatic rings. The van der Waals surface area contributed by atoms with Crippen LogP contribution in [0.4, 0.5) is 5.69 Å². The standard InChI is InChI=1S/C14H15BN4O3/c1-7-17-9-4-2-3-8(16)11(9)12(21)19(7)14(15)6-5-10(20)18-13(14)22/h2-4H,5-6,15-16H2,1H3,(H,18,20,22)/t14-/m0/s1. The minimum Gasteiger partial charge on any atom is -0.398 e. The Labute approximate surface area is 126 Å². The molecule has 0 aliphatic carbocycles. The van der Waals surface area contributed by atoms with E-state index in [-0.39, 0.29) is 24.3 Å². The van der Waals surface area contributed by atoms with E-state index in [2.05, 4.69) is 10.3 Å². The number of carbonyl (C=O) groups is 2. The fourth-order valence-electron chi connectivity index (χ4n) is 2.96. The lowest BCUT2D eigenvalue weighted by Gasteiger charge is -2.34. The van der Waals surface area contributed by atoms with E-state index in [9.17, 15) is 14.4 Å². The first kappa shape index (κ1) is 14.3. The van der Waals surface area contributed by atoms with Crippen LogP contribution in [0.15, 0.2) is 23.0 Å². The van der Waals surface area contributed by atoms with E-state index in [0.717, 1.165) is 0 Å². The number of hydrogen-bond donors (Lipinski definition) is 2. The number of benzene rings is 1. The zero-order valence-electron chi connectivity index (χ0n) is 12.3. The van der Waals surface area contributed by atoms with Crippen molar-refractivity contribution in [3.8, 4) is 0 Å². The first-order valence-corrected chi connectivity index (χ1v) is 6.97. The molecule has 22 heavy (non-hydrogen) atoms. The zero-order chi connectivity index (χ0) is 16.1. The van der Waals surface area contributed by atoms with Gasteiger partial charge in [0.2, 0.25) is 11.8 Å². The summed E-state index contributed by atoms with van der Waals surface area (Å²) in [6.45, 7) is 1.67. The zero-order valence-corrected chi connectivity index (χ0v) is 12.3. The molecule has 1 saturated heterocycles. The molecule has 2 heterocycles. The number of aromatic nitrogens is 2. The number of nitrogens with one attached hydrogen (secondary N) is 1. The number of piperidine rings is 1. The van der Waals surface area contributed by atoms with Crippen molar-refractivity contribution in [2.75, 3.05) is 5.73 Å². The van der Waals surface area contributed by atoms with Crippen LogP contribution in [0.2, 0.25) is 0 Å². The highest BCUT2D eigenvalue weighted by molar-refractivity contribution is 6.28. The summed E-state index contributed by atoms with van der Waals surface area (Å²) in [6, 6.07) is 5.05. The highest BCUT2D eigenvalue weighted by atomic mass is 16.2. The Morgan fingerprint density at radius 3 is 2.77 bits per heavy atom. The molecule has 3 rings (SSSR count). The summed E-state index contributed by atoms with van der Waals surface area (Å²) in [6.07, 6.45) is 0.425. The number of rotatable bonds is 1. The Kier molecular flexibility index (Phi) is 3.05. The number of carbonyl (C=O) groups excluding carboxylic acids is 2. The molecular formula is C14H15BN4O3. The molecule has 0 saturated carbocycles. The second-order valence-electron chi connectivity index (χ2n) is 5.69. The maximum atomic E-state index is 12.9. The van der Waals surface area contributed by atoms with Gasteiger partial charge in [-0.05, 0) is 25.5 Å². The Bertz CT molecular complexity index is 876. The van der Waals surface area contributed by atoms with Crippen LogP contribution in [0.25, 0.3) is 10.9 Å². The topological polar surface area (TPSA) is 107 Å². The van der Waals surface area contributed by atoms with Crippen LogP contribution in [-0.2, 0) is 15.0 Å². The number of anilines is 1. The molecule has 8 heteroatoms. The highest BCUT2D eigenvalue weighted by Gasteiger charge is 2.41. The highest BCUT2D eigenvalue weighted by Crippen LogP contribution is 2.25. The molecular weight excluding hydrogens is 283 g/mol. The molecule has 0 radical (unpaired) electrons. The Balaban J connectivity index is 2.32. The van der Waals surface area contributed by atoms with Crippen LogP contribution in [0.5, 0.6) is 0 Å². The average Bonchev–Trinajstić information content (AvgIpc) is 2.43. The maximum absolute atomic E-state index is 12.9. The normalized spacial score (nSPS) is 21.9. The lowest BCUT2D eigenvalue weighted by Crippen LogP contribution is -2.58. The third kappa shape index (κ3) is 1.91. The van der Waals surface area contributed by atoms with Gasteiger partial charge in [0, 0.05) is 12.1 Å². The van der Waals surface area contributed by atoms with Gasteiger partial charge in [0.05, 0.1) is 16.3 Å². The average molecular weight is 298 g/mol. The largest absolute Gasteiger partial charge is 0.398 e. The first-order valence-electron chi connectivity index (χ1n) is 6.97. The third-order valence-corrected chi connectivity index (χ3v) is 4.17. The molecule has 7 nitrogen and oxygen atoms in total. The van der Waals surface area contributed by atoms with Crippen LogP contribution >= 0.6 is 0 Å². The Hall–Kier alpha value is -2.64. The van der Waals surface area contributed by atoms with Crippen molar-refractivity contribution in [1.29, 1.82) is 0 Å². The third-order valence-electron chi connectivity index (χ3n) is 4.17. The first-order chi connectivity index (χ1) is 10.3. The molecule has 0 spiro atoms. The number of aryl methyl sites for hydroxylation is 1. The predicted molar refractivity (Wildman–Crippen MR) is 84.1 cm³/mol. The molecule has 1 atom stereocenters. The summed E-state index contributed by atoms with van der Waals surface area (Å²) in [4.78, 5) is 40.9. The molecule has 0 bridgehead atoms. The van der Waals surface area contributed by atoms with Gasteiger partial charge in [-0.1, -0.05) is 6.07 Å². The minimum atomic E-state index is -1.15. The number of nitrogen functional groups attached to an aromatic ring is 1. The number of imide groups is 1. The fourth-order valence-corrected chi connectivity index (χ4v) is 2.96. The number of amides is 2. The minimum absolute atomic E-state index is 0.177. The number of fused-ring (bicyclic) bond motifs is 1. The predicted octanol–water partition coefficient (Wildman–Crippen LogP) is -0.990. The molecule has 2 amide bonds. The van der Waals surface area contributed by atoms with Gasteiger partial charge in [0.15, 0.2) is 0 Å². The molecule has 0 unspecified atom stereocenters. The van der Waals surface area contributed by atoms with Gasteiger partial charge in [-0.2, -0.15) is 0 Å². The van der Waals surface area contributed by atoms with Crippen LogP contribution < -0.4 is 16.6 Å². The molecule has 112 valence electrons. The van der Waals surface area contributed by atoms with E-state index < -0.39 is 11.3 Å². The van der Waals surface area contributed by atoms with Gasteiger partial charge in [-0.3, -0.25) is 24.3 Å². The van der Waals surface area contributed by atoms with Gasteiger partial charge in [0.25, 0.3) is 5.56 Å².